The number of aliphatic imine (C=N–C) groups is 1. The molecule has 2 N–H and O–H groups in total. The second kappa shape index (κ2) is 9.06. The summed E-state index contributed by atoms with van der Waals surface area (Å²) in [4.78, 5) is 23.9. The number of hydrogen-bond donors (Lipinski definition) is 2. The molecule has 1 atom stereocenters. The molecule has 0 fully saturated rings. The number of carbonyl (C=O) groups excluding carboxylic acids is 1. The largest absolute Gasteiger partial charge is 0.573 e. The van der Waals surface area contributed by atoms with Crippen molar-refractivity contribution in [3.63, 3.8) is 0 Å². The zero-order valence-electron chi connectivity index (χ0n) is 19.2. The molecule has 11 heteroatoms. The predicted octanol–water partition coefficient (Wildman–Crippen LogP) is 3.71. The van der Waals surface area contributed by atoms with Crippen LogP contribution in [0.4, 0.5) is 13.2 Å². The van der Waals surface area contributed by atoms with E-state index in [2.05, 4.69) is 20.0 Å². The number of amides is 1. The molecule has 1 aromatic heterocycles. The highest BCUT2D eigenvalue weighted by Gasteiger charge is 2.33. The maximum absolute atomic E-state index is 13.2. The summed E-state index contributed by atoms with van der Waals surface area (Å²) in [5.74, 6) is -0.427. The van der Waals surface area contributed by atoms with Crippen LogP contribution in [0, 0.1) is 0 Å². The first-order valence-corrected chi connectivity index (χ1v) is 10.7. The van der Waals surface area contributed by atoms with Crippen molar-refractivity contribution < 1.29 is 27.8 Å². The van der Waals surface area contributed by atoms with Crippen molar-refractivity contribution in [3.8, 4) is 5.75 Å². The number of ether oxygens (including phenoxy) is 1. The molecule has 0 spiro atoms. The first-order chi connectivity index (χ1) is 16.4. The SMILES string of the molecule is CN1C=C(n2cnc3ccccc32)N=C(C(=O)NC(c2ccc(OC(F)(F)F)cc2)C(C)(C)O)C1. The van der Waals surface area contributed by atoms with E-state index < -0.39 is 29.7 Å². The third kappa shape index (κ3) is 5.62. The molecule has 1 amide bonds. The Morgan fingerprint density at radius 3 is 2.49 bits per heavy atom. The van der Waals surface area contributed by atoms with Crippen LogP contribution < -0.4 is 10.1 Å². The van der Waals surface area contributed by atoms with Crippen LogP contribution in [0.25, 0.3) is 16.9 Å². The number of fused-ring (bicyclic) bond motifs is 1. The minimum Gasteiger partial charge on any atom is -0.406 e. The number of nitrogens with zero attached hydrogens (tertiary/aromatic N) is 4. The van der Waals surface area contributed by atoms with Crippen molar-refractivity contribution >= 4 is 28.5 Å². The van der Waals surface area contributed by atoms with Gasteiger partial charge < -0.3 is 20.1 Å². The summed E-state index contributed by atoms with van der Waals surface area (Å²) in [5, 5.41) is 13.5. The van der Waals surface area contributed by atoms with Crippen molar-refractivity contribution in [1.82, 2.24) is 19.8 Å². The number of hydrogen-bond acceptors (Lipinski definition) is 6. The number of nitrogens with one attached hydrogen (secondary N) is 1. The van der Waals surface area contributed by atoms with Crippen LogP contribution in [-0.2, 0) is 4.79 Å². The summed E-state index contributed by atoms with van der Waals surface area (Å²) in [7, 11) is 1.80. The van der Waals surface area contributed by atoms with Crippen LogP contribution in [0.15, 0.2) is 66.1 Å². The second-order valence-corrected chi connectivity index (χ2v) is 8.74. The fourth-order valence-corrected chi connectivity index (χ4v) is 3.81. The van der Waals surface area contributed by atoms with Gasteiger partial charge in [0, 0.05) is 13.2 Å². The minimum atomic E-state index is -4.82. The highest BCUT2D eigenvalue weighted by molar-refractivity contribution is 6.40. The average molecular weight is 487 g/mol. The Morgan fingerprint density at radius 1 is 1.14 bits per heavy atom. The highest BCUT2D eigenvalue weighted by atomic mass is 19.4. The number of carbonyl (C=O) groups is 1. The van der Waals surface area contributed by atoms with E-state index in [0.29, 0.717) is 11.4 Å². The van der Waals surface area contributed by atoms with E-state index >= 15 is 0 Å². The summed E-state index contributed by atoms with van der Waals surface area (Å²) < 4.78 is 43.1. The molecule has 2 heterocycles. The van der Waals surface area contributed by atoms with Crippen molar-refractivity contribution in [2.75, 3.05) is 13.6 Å². The molecular weight excluding hydrogens is 463 g/mol. The van der Waals surface area contributed by atoms with Crippen LogP contribution >= 0.6 is 0 Å². The third-order valence-corrected chi connectivity index (χ3v) is 5.38. The fraction of sp³-hybridized carbons (Fsp3) is 0.292. The molecule has 0 radical (unpaired) electrons. The van der Waals surface area contributed by atoms with Gasteiger partial charge in [-0.2, -0.15) is 0 Å². The molecule has 1 aliphatic rings. The summed E-state index contributed by atoms with van der Waals surface area (Å²) in [6.07, 6.45) is -1.40. The predicted molar refractivity (Wildman–Crippen MR) is 124 cm³/mol. The van der Waals surface area contributed by atoms with Gasteiger partial charge in [-0.15, -0.1) is 13.2 Å². The van der Waals surface area contributed by atoms with Crippen molar-refractivity contribution in [2.45, 2.75) is 31.9 Å². The van der Waals surface area contributed by atoms with Crippen LogP contribution in [0.5, 0.6) is 5.75 Å². The Bertz CT molecular complexity index is 1290. The molecular formula is C24H24F3N5O3. The molecule has 1 unspecified atom stereocenters. The first kappa shape index (κ1) is 24.3. The first-order valence-electron chi connectivity index (χ1n) is 10.7. The van der Waals surface area contributed by atoms with E-state index in [1.807, 2.05) is 24.3 Å². The molecule has 2 aromatic carbocycles. The lowest BCUT2D eigenvalue weighted by atomic mass is 9.91. The van der Waals surface area contributed by atoms with Gasteiger partial charge in [-0.25, -0.2) is 9.98 Å². The normalized spacial score (nSPS) is 15.5. The smallest absolute Gasteiger partial charge is 0.406 e. The van der Waals surface area contributed by atoms with Crippen LogP contribution in [0.1, 0.15) is 25.5 Å². The van der Waals surface area contributed by atoms with Gasteiger partial charge in [-0.1, -0.05) is 24.3 Å². The van der Waals surface area contributed by atoms with Gasteiger partial charge in [0.25, 0.3) is 5.91 Å². The summed E-state index contributed by atoms with van der Waals surface area (Å²) in [6, 6.07) is 11.6. The van der Waals surface area contributed by atoms with Gasteiger partial charge in [0.05, 0.1) is 29.2 Å². The number of aromatic nitrogens is 2. The third-order valence-electron chi connectivity index (χ3n) is 5.38. The number of benzene rings is 2. The molecule has 0 bridgehead atoms. The number of halogens is 3. The zero-order chi connectivity index (χ0) is 25.4. The minimum absolute atomic E-state index is 0.203. The average Bonchev–Trinajstić information content (AvgIpc) is 3.20. The number of alkyl halides is 3. The molecule has 3 aromatic rings. The lowest BCUT2D eigenvalue weighted by Gasteiger charge is -2.31. The molecule has 184 valence electrons. The standard InChI is InChI=1S/C24H24F3N5O3/c1-23(2,34)21(15-8-10-16(11-9-15)35-24(25,26)27)30-22(33)18-12-31(3)13-20(29-18)32-14-28-17-6-4-5-7-19(17)32/h4-11,13-14,21,34H,12H2,1-3H3,(H,30,33). The van der Waals surface area contributed by atoms with E-state index in [1.54, 1.807) is 29.0 Å². The summed E-state index contributed by atoms with van der Waals surface area (Å²) >= 11 is 0. The van der Waals surface area contributed by atoms with Crippen molar-refractivity contribution in [3.05, 3.63) is 66.6 Å². The van der Waals surface area contributed by atoms with Crippen LogP contribution in [0.3, 0.4) is 0 Å². The van der Waals surface area contributed by atoms with Gasteiger partial charge in [0.15, 0.2) is 5.82 Å². The van der Waals surface area contributed by atoms with E-state index in [1.165, 1.54) is 26.0 Å². The monoisotopic (exact) mass is 487 g/mol. The van der Waals surface area contributed by atoms with Gasteiger partial charge in [-0.05, 0) is 43.7 Å². The number of aliphatic hydroxyl groups is 1. The van der Waals surface area contributed by atoms with E-state index in [4.69, 9.17) is 0 Å². The Hall–Kier alpha value is -3.86. The van der Waals surface area contributed by atoms with E-state index in [-0.39, 0.29) is 12.3 Å². The molecule has 0 saturated heterocycles. The quantitative estimate of drug-likeness (QED) is 0.553. The Kier molecular flexibility index (Phi) is 6.28. The molecule has 0 saturated carbocycles. The van der Waals surface area contributed by atoms with Gasteiger partial charge in [0.1, 0.15) is 17.8 Å². The fourth-order valence-electron chi connectivity index (χ4n) is 3.81. The molecule has 1 aliphatic heterocycles. The lowest BCUT2D eigenvalue weighted by Crippen LogP contribution is -2.46. The van der Waals surface area contributed by atoms with Gasteiger partial charge in [-0.3, -0.25) is 9.36 Å². The summed E-state index contributed by atoms with van der Waals surface area (Å²) in [5.41, 5.74) is 0.786. The second-order valence-electron chi connectivity index (χ2n) is 8.74. The lowest BCUT2D eigenvalue weighted by molar-refractivity contribution is -0.274. The van der Waals surface area contributed by atoms with E-state index in [0.717, 1.165) is 23.2 Å². The van der Waals surface area contributed by atoms with Crippen molar-refractivity contribution in [2.24, 2.45) is 4.99 Å². The highest BCUT2D eigenvalue weighted by Crippen LogP contribution is 2.29. The van der Waals surface area contributed by atoms with E-state index in [9.17, 15) is 23.1 Å². The van der Waals surface area contributed by atoms with Crippen LogP contribution in [-0.4, -0.2) is 56.7 Å². The molecule has 0 aliphatic carbocycles. The molecule has 4 rings (SSSR count). The topological polar surface area (TPSA) is 92.0 Å². The Morgan fingerprint density at radius 2 is 1.83 bits per heavy atom. The number of imidazole rings is 1. The molecule has 8 nitrogen and oxygen atoms in total. The van der Waals surface area contributed by atoms with Gasteiger partial charge >= 0.3 is 6.36 Å². The van der Waals surface area contributed by atoms with Crippen LogP contribution in [0.2, 0.25) is 0 Å². The number of rotatable bonds is 6. The zero-order valence-corrected chi connectivity index (χ0v) is 19.2. The maximum atomic E-state index is 13.2. The number of para-hydroxylation sites is 2. The Balaban J connectivity index is 1.59. The molecule has 35 heavy (non-hydrogen) atoms. The summed E-state index contributed by atoms with van der Waals surface area (Å²) in [6.45, 7) is 3.21. The Labute approximate surface area is 199 Å². The van der Waals surface area contributed by atoms with Crippen molar-refractivity contribution in [1.29, 1.82) is 0 Å². The maximum Gasteiger partial charge on any atom is 0.573 e. The van der Waals surface area contributed by atoms with Gasteiger partial charge in [0.2, 0.25) is 0 Å².